The first-order valence-electron chi connectivity index (χ1n) is 4.77. The summed E-state index contributed by atoms with van der Waals surface area (Å²) in [5.74, 6) is 0.610. The lowest BCUT2D eigenvalue weighted by Gasteiger charge is -2.23. The van der Waals surface area contributed by atoms with Crippen molar-refractivity contribution in [2.75, 3.05) is 24.2 Å². The second-order valence-corrected chi connectivity index (χ2v) is 4.41. The minimum atomic E-state index is 0.610. The van der Waals surface area contributed by atoms with Gasteiger partial charge in [0.25, 0.3) is 0 Å². The lowest BCUT2D eigenvalue weighted by Crippen LogP contribution is -2.23. The Morgan fingerprint density at radius 1 is 1.43 bits per heavy atom. The summed E-state index contributed by atoms with van der Waals surface area (Å²) in [6.07, 6.45) is 0. The van der Waals surface area contributed by atoms with E-state index in [4.69, 9.17) is 17.3 Å². The summed E-state index contributed by atoms with van der Waals surface area (Å²) in [5, 5.41) is 0.727. The molecule has 0 aromatic heterocycles. The molecule has 0 aliphatic carbocycles. The molecule has 0 aliphatic heterocycles. The van der Waals surface area contributed by atoms with E-state index in [0.717, 1.165) is 22.9 Å². The van der Waals surface area contributed by atoms with E-state index in [1.165, 1.54) is 0 Å². The van der Waals surface area contributed by atoms with Gasteiger partial charge in [-0.15, -0.1) is 0 Å². The van der Waals surface area contributed by atoms with Gasteiger partial charge in [-0.1, -0.05) is 25.4 Å². The third-order valence-electron chi connectivity index (χ3n) is 2.04. The molecule has 0 saturated heterocycles. The first-order valence-corrected chi connectivity index (χ1v) is 5.14. The van der Waals surface area contributed by atoms with Crippen molar-refractivity contribution in [1.29, 1.82) is 0 Å². The van der Waals surface area contributed by atoms with E-state index < -0.39 is 0 Å². The minimum Gasteiger partial charge on any atom is -0.397 e. The first-order chi connectivity index (χ1) is 6.50. The molecule has 1 aromatic rings. The Balaban J connectivity index is 2.88. The van der Waals surface area contributed by atoms with Crippen LogP contribution in [0.2, 0.25) is 5.02 Å². The molecule has 2 nitrogen and oxygen atoms in total. The molecule has 0 saturated carbocycles. The van der Waals surface area contributed by atoms with E-state index in [-0.39, 0.29) is 0 Å². The average molecular weight is 213 g/mol. The highest BCUT2D eigenvalue weighted by atomic mass is 35.5. The lowest BCUT2D eigenvalue weighted by molar-refractivity contribution is 0.639. The maximum Gasteiger partial charge on any atom is 0.0612 e. The second kappa shape index (κ2) is 4.56. The standard InChI is InChI=1S/C11H17ClN2/c1-8(2)7-14(3)11-6-9(12)4-5-10(11)13/h4-6,8H,7,13H2,1-3H3. The van der Waals surface area contributed by atoms with Crippen LogP contribution in [0, 0.1) is 5.92 Å². The van der Waals surface area contributed by atoms with Crippen LogP contribution < -0.4 is 10.6 Å². The van der Waals surface area contributed by atoms with Gasteiger partial charge in [0.05, 0.1) is 11.4 Å². The summed E-state index contributed by atoms with van der Waals surface area (Å²) in [4.78, 5) is 2.13. The molecule has 1 rings (SSSR count). The topological polar surface area (TPSA) is 29.3 Å². The number of rotatable bonds is 3. The molecule has 0 aliphatic rings. The largest absolute Gasteiger partial charge is 0.397 e. The molecule has 0 radical (unpaired) electrons. The number of nitrogens with two attached hydrogens (primary N) is 1. The van der Waals surface area contributed by atoms with Gasteiger partial charge in [0.1, 0.15) is 0 Å². The molecule has 1 aromatic carbocycles. The Morgan fingerprint density at radius 2 is 2.07 bits per heavy atom. The molecular formula is C11H17ClN2. The number of hydrogen-bond acceptors (Lipinski definition) is 2. The van der Waals surface area contributed by atoms with Crippen molar-refractivity contribution >= 4 is 23.0 Å². The lowest BCUT2D eigenvalue weighted by atomic mass is 10.2. The quantitative estimate of drug-likeness (QED) is 0.781. The van der Waals surface area contributed by atoms with Gasteiger partial charge in [-0.05, 0) is 24.1 Å². The zero-order valence-corrected chi connectivity index (χ0v) is 9.67. The van der Waals surface area contributed by atoms with E-state index in [0.29, 0.717) is 5.92 Å². The maximum absolute atomic E-state index is 5.92. The monoisotopic (exact) mass is 212 g/mol. The highest BCUT2D eigenvalue weighted by Crippen LogP contribution is 2.26. The number of nitrogens with zero attached hydrogens (tertiary/aromatic N) is 1. The van der Waals surface area contributed by atoms with Gasteiger partial charge in [0.2, 0.25) is 0 Å². The van der Waals surface area contributed by atoms with Crippen LogP contribution in [0.25, 0.3) is 0 Å². The van der Waals surface area contributed by atoms with E-state index in [9.17, 15) is 0 Å². The van der Waals surface area contributed by atoms with Crippen LogP contribution in [0.5, 0.6) is 0 Å². The van der Waals surface area contributed by atoms with Crippen molar-refractivity contribution < 1.29 is 0 Å². The van der Waals surface area contributed by atoms with Crippen LogP contribution in [0.1, 0.15) is 13.8 Å². The molecule has 0 atom stereocenters. The van der Waals surface area contributed by atoms with Crippen LogP contribution in [-0.4, -0.2) is 13.6 Å². The molecule has 0 fully saturated rings. The number of anilines is 2. The summed E-state index contributed by atoms with van der Waals surface area (Å²) in [5.41, 5.74) is 7.65. The summed E-state index contributed by atoms with van der Waals surface area (Å²) in [6.45, 7) is 5.33. The highest BCUT2D eigenvalue weighted by Gasteiger charge is 2.07. The van der Waals surface area contributed by atoms with Crippen LogP contribution in [0.4, 0.5) is 11.4 Å². The molecule has 2 N–H and O–H groups in total. The van der Waals surface area contributed by atoms with Crippen molar-refractivity contribution in [1.82, 2.24) is 0 Å². The summed E-state index contributed by atoms with van der Waals surface area (Å²) < 4.78 is 0. The Hall–Kier alpha value is -0.890. The number of benzene rings is 1. The first kappa shape index (κ1) is 11.2. The Kier molecular flexibility index (Phi) is 3.64. The highest BCUT2D eigenvalue weighted by molar-refractivity contribution is 6.31. The summed E-state index contributed by atoms with van der Waals surface area (Å²) in [7, 11) is 2.03. The van der Waals surface area contributed by atoms with Gasteiger partial charge in [0.15, 0.2) is 0 Å². The molecule has 0 bridgehead atoms. The van der Waals surface area contributed by atoms with Crippen molar-refractivity contribution in [3.05, 3.63) is 23.2 Å². The molecule has 0 amide bonds. The zero-order valence-electron chi connectivity index (χ0n) is 8.92. The molecule has 14 heavy (non-hydrogen) atoms. The average Bonchev–Trinajstić information content (AvgIpc) is 2.08. The fraction of sp³-hybridized carbons (Fsp3) is 0.455. The fourth-order valence-electron chi connectivity index (χ4n) is 1.49. The van der Waals surface area contributed by atoms with Gasteiger partial charge in [0, 0.05) is 18.6 Å². The normalized spacial score (nSPS) is 10.6. The minimum absolute atomic E-state index is 0.610. The molecule has 78 valence electrons. The SMILES string of the molecule is CC(C)CN(C)c1cc(Cl)ccc1N. The predicted molar refractivity (Wildman–Crippen MR) is 64.0 cm³/mol. The van der Waals surface area contributed by atoms with Crippen molar-refractivity contribution in [3.8, 4) is 0 Å². The molecule has 3 heteroatoms. The van der Waals surface area contributed by atoms with Gasteiger partial charge in [-0.25, -0.2) is 0 Å². The third-order valence-corrected chi connectivity index (χ3v) is 2.28. The van der Waals surface area contributed by atoms with E-state index in [1.54, 1.807) is 0 Å². The molecule has 0 spiro atoms. The Bertz CT molecular complexity index is 310. The Labute approximate surface area is 90.7 Å². The van der Waals surface area contributed by atoms with Crippen molar-refractivity contribution in [2.24, 2.45) is 5.92 Å². The van der Waals surface area contributed by atoms with E-state index >= 15 is 0 Å². The van der Waals surface area contributed by atoms with Crippen molar-refractivity contribution in [2.45, 2.75) is 13.8 Å². The molecular weight excluding hydrogens is 196 g/mol. The number of halogens is 1. The van der Waals surface area contributed by atoms with Crippen LogP contribution >= 0.6 is 11.6 Å². The van der Waals surface area contributed by atoms with E-state index in [2.05, 4.69) is 18.7 Å². The third kappa shape index (κ3) is 2.81. The second-order valence-electron chi connectivity index (χ2n) is 3.98. The predicted octanol–water partition coefficient (Wildman–Crippen LogP) is 3.01. The van der Waals surface area contributed by atoms with Crippen LogP contribution in [-0.2, 0) is 0 Å². The smallest absolute Gasteiger partial charge is 0.0612 e. The number of nitrogen functional groups attached to an aromatic ring is 1. The van der Waals surface area contributed by atoms with Crippen LogP contribution in [0.3, 0.4) is 0 Å². The van der Waals surface area contributed by atoms with E-state index in [1.807, 2.05) is 25.2 Å². The van der Waals surface area contributed by atoms with Crippen molar-refractivity contribution in [3.63, 3.8) is 0 Å². The van der Waals surface area contributed by atoms with Crippen LogP contribution in [0.15, 0.2) is 18.2 Å². The maximum atomic E-state index is 5.92. The molecule has 0 unspecified atom stereocenters. The molecule has 0 heterocycles. The van der Waals surface area contributed by atoms with Gasteiger partial charge < -0.3 is 10.6 Å². The zero-order chi connectivity index (χ0) is 10.7. The summed E-state index contributed by atoms with van der Waals surface area (Å²) >= 11 is 5.92. The fourth-order valence-corrected chi connectivity index (χ4v) is 1.66. The Morgan fingerprint density at radius 3 is 2.64 bits per heavy atom. The van der Waals surface area contributed by atoms with Gasteiger partial charge >= 0.3 is 0 Å². The van der Waals surface area contributed by atoms with Gasteiger partial charge in [-0.2, -0.15) is 0 Å². The summed E-state index contributed by atoms with van der Waals surface area (Å²) in [6, 6.07) is 5.55. The van der Waals surface area contributed by atoms with Gasteiger partial charge in [-0.3, -0.25) is 0 Å². The number of hydrogen-bond donors (Lipinski definition) is 1.